The molecule has 0 fully saturated rings. The number of carbonyl (C=O) groups is 1. The molecule has 2 heterocycles. The van der Waals surface area contributed by atoms with Crippen molar-refractivity contribution in [2.24, 2.45) is 0 Å². The monoisotopic (exact) mass is 309 g/mol. The lowest BCUT2D eigenvalue weighted by Crippen LogP contribution is -2.40. The van der Waals surface area contributed by atoms with E-state index >= 15 is 0 Å². The van der Waals surface area contributed by atoms with Gasteiger partial charge in [-0.1, -0.05) is 23.7 Å². The zero-order chi connectivity index (χ0) is 13.9. The Kier molecular flexibility index (Phi) is 3.80. The third-order valence-electron chi connectivity index (χ3n) is 2.85. The van der Waals surface area contributed by atoms with Crippen molar-refractivity contribution >= 4 is 28.8 Å². The van der Waals surface area contributed by atoms with Crippen molar-refractivity contribution in [3.63, 3.8) is 0 Å². The van der Waals surface area contributed by atoms with Gasteiger partial charge in [0.25, 0.3) is 5.91 Å². The highest BCUT2D eigenvalue weighted by atomic mass is 35.5. The topological polar surface area (TPSA) is 47.6 Å². The summed E-state index contributed by atoms with van der Waals surface area (Å²) in [6, 6.07) is 10.9. The van der Waals surface area contributed by atoms with E-state index in [-0.39, 0.29) is 12.0 Å². The second-order valence-corrected chi connectivity index (χ2v) is 6.03. The van der Waals surface area contributed by atoms with Crippen LogP contribution in [0.2, 0.25) is 4.34 Å². The van der Waals surface area contributed by atoms with E-state index < -0.39 is 0 Å². The Bertz CT molecular complexity index is 628. The summed E-state index contributed by atoms with van der Waals surface area (Å²) in [5.74, 6) is 1.29. The quantitative estimate of drug-likeness (QED) is 0.948. The fourth-order valence-electron chi connectivity index (χ4n) is 1.89. The molecule has 1 aromatic carbocycles. The van der Waals surface area contributed by atoms with Gasteiger partial charge in [0.2, 0.25) is 0 Å². The van der Waals surface area contributed by atoms with Crippen LogP contribution in [0.4, 0.5) is 0 Å². The van der Waals surface area contributed by atoms with Crippen LogP contribution in [0, 0.1) is 0 Å². The molecule has 6 heteroatoms. The molecule has 0 saturated heterocycles. The maximum absolute atomic E-state index is 11.9. The Balaban J connectivity index is 1.56. The molecule has 1 aliphatic heterocycles. The van der Waals surface area contributed by atoms with Crippen molar-refractivity contribution in [2.75, 3.05) is 13.2 Å². The molecule has 0 bridgehead atoms. The molecule has 1 unspecified atom stereocenters. The largest absolute Gasteiger partial charge is 0.486 e. The second kappa shape index (κ2) is 5.73. The fourth-order valence-corrected chi connectivity index (χ4v) is 2.85. The van der Waals surface area contributed by atoms with Crippen molar-refractivity contribution in [1.29, 1.82) is 0 Å². The number of para-hydroxylation sites is 2. The van der Waals surface area contributed by atoms with Crippen LogP contribution in [0.25, 0.3) is 0 Å². The molecule has 1 N–H and O–H groups in total. The fraction of sp³-hybridized carbons (Fsp3) is 0.214. The smallest absolute Gasteiger partial charge is 0.261 e. The molecular weight excluding hydrogens is 298 g/mol. The highest BCUT2D eigenvalue weighted by Gasteiger charge is 2.21. The number of carbonyl (C=O) groups excluding carboxylic acids is 1. The van der Waals surface area contributed by atoms with E-state index in [0.717, 1.165) is 5.75 Å². The summed E-state index contributed by atoms with van der Waals surface area (Å²) in [5.41, 5.74) is 0. The van der Waals surface area contributed by atoms with Crippen molar-refractivity contribution < 1.29 is 14.3 Å². The van der Waals surface area contributed by atoms with E-state index in [4.69, 9.17) is 21.1 Å². The van der Waals surface area contributed by atoms with E-state index in [2.05, 4.69) is 5.32 Å². The third kappa shape index (κ3) is 2.89. The Morgan fingerprint density at radius 1 is 1.30 bits per heavy atom. The first-order chi connectivity index (χ1) is 9.72. The molecule has 20 heavy (non-hydrogen) atoms. The Hall–Kier alpha value is -1.72. The van der Waals surface area contributed by atoms with Crippen LogP contribution < -0.4 is 14.8 Å². The molecule has 3 rings (SSSR count). The predicted octanol–water partition coefficient (Wildman–Crippen LogP) is 2.97. The van der Waals surface area contributed by atoms with Gasteiger partial charge in [0.1, 0.15) is 12.7 Å². The number of nitrogens with one attached hydrogen (secondary N) is 1. The Labute approximate surface area is 125 Å². The van der Waals surface area contributed by atoms with Gasteiger partial charge in [-0.05, 0) is 24.3 Å². The number of hydrogen-bond acceptors (Lipinski definition) is 4. The lowest BCUT2D eigenvalue weighted by Gasteiger charge is -2.26. The van der Waals surface area contributed by atoms with Crippen molar-refractivity contribution in [1.82, 2.24) is 5.32 Å². The Morgan fingerprint density at radius 2 is 2.10 bits per heavy atom. The SMILES string of the molecule is O=C(NCC1COc2ccccc2O1)c1ccc(Cl)s1. The Morgan fingerprint density at radius 3 is 2.85 bits per heavy atom. The van der Waals surface area contributed by atoms with Gasteiger partial charge in [0.15, 0.2) is 11.5 Å². The lowest BCUT2D eigenvalue weighted by molar-refractivity contribution is 0.0791. The number of rotatable bonds is 3. The van der Waals surface area contributed by atoms with Gasteiger partial charge in [-0.15, -0.1) is 11.3 Å². The van der Waals surface area contributed by atoms with Gasteiger partial charge < -0.3 is 14.8 Å². The summed E-state index contributed by atoms with van der Waals surface area (Å²) in [6.07, 6.45) is -0.190. The molecule has 1 amide bonds. The number of benzene rings is 1. The van der Waals surface area contributed by atoms with Crippen LogP contribution in [0.5, 0.6) is 11.5 Å². The van der Waals surface area contributed by atoms with E-state index in [0.29, 0.717) is 28.1 Å². The first kappa shape index (κ1) is 13.3. The minimum absolute atomic E-state index is 0.149. The summed E-state index contributed by atoms with van der Waals surface area (Å²) >= 11 is 7.06. The minimum Gasteiger partial charge on any atom is -0.486 e. The summed E-state index contributed by atoms with van der Waals surface area (Å²) in [7, 11) is 0. The van der Waals surface area contributed by atoms with E-state index in [9.17, 15) is 4.79 Å². The average Bonchev–Trinajstić information content (AvgIpc) is 2.91. The maximum atomic E-state index is 11.9. The second-order valence-electron chi connectivity index (χ2n) is 4.31. The van der Waals surface area contributed by atoms with Crippen LogP contribution in [0.1, 0.15) is 9.67 Å². The lowest BCUT2D eigenvalue weighted by atomic mass is 10.2. The molecule has 0 aliphatic carbocycles. The van der Waals surface area contributed by atoms with Gasteiger partial charge in [-0.25, -0.2) is 0 Å². The van der Waals surface area contributed by atoms with Crippen molar-refractivity contribution in [2.45, 2.75) is 6.10 Å². The molecule has 4 nitrogen and oxygen atoms in total. The number of thiophene rings is 1. The first-order valence-electron chi connectivity index (χ1n) is 6.14. The van der Waals surface area contributed by atoms with E-state index in [1.807, 2.05) is 24.3 Å². The molecule has 0 radical (unpaired) electrons. The normalized spacial score (nSPS) is 16.8. The minimum atomic E-state index is -0.190. The first-order valence-corrected chi connectivity index (χ1v) is 7.34. The highest BCUT2D eigenvalue weighted by Crippen LogP contribution is 2.30. The summed E-state index contributed by atoms with van der Waals surface area (Å²) in [6.45, 7) is 0.811. The van der Waals surface area contributed by atoms with Gasteiger partial charge in [-0.2, -0.15) is 0 Å². The summed E-state index contributed by atoms with van der Waals surface area (Å²) in [4.78, 5) is 12.5. The number of amides is 1. The third-order valence-corrected chi connectivity index (χ3v) is 4.08. The molecule has 104 valence electrons. The van der Waals surface area contributed by atoms with Gasteiger partial charge in [-0.3, -0.25) is 4.79 Å². The molecule has 1 aliphatic rings. The van der Waals surface area contributed by atoms with Crippen LogP contribution in [-0.4, -0.2) is 25.2 Å². The van der Waals surface area contributed by atoms with Crippen molar-refractivity contribution in [3.8, 4) is 11.5 Å². The van der Waals surface area contributed by atoms with Gasteiger partial charge in [0.05, 0.1) is 15.8 Å². The van der Waals surface area contributed by atoms with Gasteiger partial charge >= 0.3 is 0 Å². The van der Waals surface area contributed by atoms with Crippen LogP contribution in [-0.2, 0) is 0 Å². The van der Waals surface area contributed by atoms with Crippen LogP contribution >= 0.6 is 22.9 Å². The summed E-state index contributed by atoms with van der Waals surface area (Å²) in [5, 5.41) is 2.82. The van der Waals surface area contributed by atoms with Crippen LogP contribution in [0.3, 0.4) is 0 Å². The van der Waals surface area contributed by atoms with E-state index in [1.54, 1.807) is 12.1 Å². The number of fused-ring (bicyclic) bond motifs is 1. The number of ether oxygens (including phenoxy) is 2. The number of halogens is 1. The zero-order valence-electron chi connectivity index (χ0n) is 10.5. The molecule has 2 aromatic rings. The summed E-state index contributed by atoms with van der Waals surface area (Å²) < 4.78 is 11.9. The van der Waals surface area contributed by atoms with Gasteiger partial charge in [0, 0.05) is 0 Å². The standard InChI is InChI=1S/C14H12ClNO3S/c15-13-6-5-12(20-13)14(17)16-7-9-8-18-10-3-1-2-4-11(10)19-9/h1-6,9H,7-8H2,(H,16,17). The van der Waals surface area contributed by atoms with Crippen LogP contribution in [0.15, 0.2) is 36.4 Å². The molecule has 0 spiro atoms. The molecular formula is C14H12ClNO3S. The van der Waals surface area contributed by atoms with Crippen molar-refractivity contribution in [3.05, 3.63) is 45.6 Å². The molecule has 1 atom stereocenters. The maximum Gasteiger partial charge on any atom is 0.261 e. The number of hydrogen-bond donors (Lipinski definition) is 1. The zero-order valence-corrected chi connectivity index (χ0v) is 12.0. The predicted molar refractivity (Wildman–Crippen MR) is 78.0 cm³/mol. The molecule has 0 saturated carbocycles. The average molecular weight is 310 g/mol. The van der Waals surface area contributed by atoms with E-state index in [1.165, 1.54) is 11.3 Å². The molecule has 1 aromatic heterocycles. The highest BCUT2D eigenvalue weighted by molar-refractivity contribution is 7.17.